The highest BCUT2D eigenvalue weighted by molar-refractivity contribution is 9.10. The molecule has 1 unspecified atom stereocenters. The van der Waals surface area contributed by atoms with E-state index in [9.17, 15) is 18.0 Å². The number of nitrogens with zero attached hydrogens (tertiary/aromatic N) is 2. The molecule has 3 aliphatic rings. The minimum atomic E-state index is -3.17. The fourth-order valence-electron chi connectivity index (χ4n) is 3.66. The van der Waals surface area contributed by atoms with Gasteiger partial charge in [-0.3, -0.25) is 14.5 Å². The third kappa shape index (κ3) is 3.16. The molecule has 3 aliphatic heterocycles. The van der Waals surface area contributed by atoms with E-state index < -0.39 is 21.8 Å². The minimum Gasteiger partial charge on any atom is -0.304 e. The first-order chi connectivity index (χ1) is 13.2. The number of fused-ring (bicyclic) bond motifs is 1. The molecular formula is C18H15BrN2O4S3. The van der Waals surface area contributed by atoms with Gasteiger partial charge < -0.3 is 4.90 Å². The molecule has 0 radical (unpaired) electrons. The molecule has 0 aliphatic carbocycles. The molecule has 1 aromatic carbocycles. The molecule has 2 saturated heterocycles. The van der Waals surface area contributed by atoms with Gasteiger partial charge in [-0.1, -0.05) is 46.0 Å². The molecule has 146 valence electrons. The summed E-state index contributed by atoms with van der Waals surface area (Å²) in [6.07, 6.45) is 1.98. The molecule has 2 fully saturated rings. The Morgan fingerprint density at radius 3 is 2.71 bits per heavy atom. The molecule has 10 heteroatoms. The number of sulfone groups is 1. The first-order valence-corrected chi connectivity index (χ1v) is 12.3. The summed E-state index contributed by atoms with van der Waals surface area (Å²) < 4.78 is 24.8. The largest absolute Gasteiger partial charge is 0.304 e. The normalized spacial score (nSPS) is 26.3. The van der Waals surface area contributed by atoms with Crippen molar-refractivity contribution in [2.75, 3.05) is 23.0 Å². The molecule has 2 amide bonds. The number of carbonyl (C=O) groups is 2. The number of rotatable bonds is 3. The molecule has 28 heavy (non-hydrogen) atoms. The summed E-state index contributed by atoms with van der Waals surface area (Å²) in [6, 6.07) is 4.98. The van der Waals surface area contributed by atoms with Gasteiger partial charge in [0.25, 0.3) is 11.8 Å². The number of carbonyl (C=O) groups excluding carboxylic acids is 2. The fourth-order valence-corrected chi connectivity index (χ4v) is 7.19. The van der Waals surface area contributed by atoms with E-state index in [0.717, 1.165) is 16.2 Å². The van der Waals surface area contributed by atoms with Gasteiger partial charge >= 0.3 is 0 Å². The van der Waals surface area contributed by atoms with E-state index in [0.29, 0.717) is 34.1 Å². The van der Waals surface area contributed by atoms with Crippen LogP contribution < -0.4 is 4.90 Å². The molecule has 0 N–H and O–H groups in total. The van der Waals surface area contributed by atoms with Crippen LogP contribution in [0, 0.1) is 0 Å². The molecule has 0 bridgehead atoms. The van der Waals surface area contributed by atoms with Crippen LogP contribution in [0.3, 0.4) is 0 Å². The van der Waals surface area contributed by atoms with E-state index in [2.05, 4.69) is 22.5 Å². The summed E-state index contributed by atoms with van der Waals surface area (Å²) in [7, 11) is -3.17. The molecule has 4 rings (SSSR count). The number of thiocarbonyl (C=S) groups is 1. The SMILES string of the molecule is C=CCN1C(=O)/C(=C2\SC(=S)N(C3CCS(=O)(=O)C3)C2=O)c2cc(Br)ccc21. The van der Waals surface area contributed by atoms with Crippen LogP contribution in [0.4, 0.5) is 5.69 Å². The first kappa shape index (κ1) is 19.8. The second kappa shape index (κ2) is 7.08. The first-order valence-electron chi connectivity index (χ1n) is 8.46. The van der Waals surface area contributed by atoms with E-state index in [-0.39, 0.29) is 22.3 Å². The zero-order valence-electron chi connectivity index (χ0n) is 14.6. The molecule has 1 aromatic rings. The molecule has 3 heterocycles. The Bertz CT molecular complexity index is 1080. The van der Waals surface area contributed by atoms with Crippen LogP contribution in [0.5, 0.6) is 0 Å². The number of halogens is 1. The fraction of sp³-hybridized carbons (Fsp3) is 0.278. The maximum Gasteiger partial charge on any atom is 0.267 e. The van der Waals surface area contributed by atoms with Crippen LogP contribution in [0.15, 0.2) is 40.2 Å². The Kier molecular flexibility index (Phi) is 5.01. The van der Waals surface area contributed by atoms with Gasteiger partial charge in [0.05, 0.1) is 33.7 Å². The second-order valence-electron chi connectivity index (χ2n) is 6.67. The standard InChI is InChI=1S/C18H15BrN2O4S3/c1-2-6-20-13-4-3-10(19)8-12(13)14(16(20)22)15-17(23)21(18(26)27-15)11-5-7-28(24,25)9-11/h2-4,8,11H,1,5-7,9H2/b15-14-. The van der Waals surface area contributed by atoms with Gasteiger partial charge in [0.1, 0.15) is 4.32 Å². The van der Waals surface area contributed by atoms with E-state index >= 15 is 0 Å². The summed E-state index contributed by atoms with van der Waals surface area (Å²) in [4.78, 5) is 29.5. The number of anilines is 1. The Labute approximate surface area is 180 Å². The van der Waals surface area contributed by atoms with Gasteiger partial charge in [0.15, 0.2) is 9.84 Å². The van der Waals surface area contributed by atoms with Crippen molar-refractivity contribution in [1.82, 2.24) is 4.90 Å². The van der Waals surface area contributed by atoms with Crippen molar-refractivity contribution in [3.05, 3.63) is 45.8 Å². The van der Waals surface area contributed by atoms with Gasteiger partial charge in [-0.2, -0.15) is 0 Å². The van der Waals surface area contributed by atoms with Crippen LogP contribution >= 0.6 is 39.9 Å². The lowest BCUT2D eigenvalue weighted by atomic mass is 10.1. The van der Waals surface area contributed by atoms with Crippen molar-refractivity contribution in [2.45, 2.75) is 12.5 Å². The predicted octanol–water partition coefficient (Wildman–Crippen LogP) is 2.74. The Morgan fingerprint density at radius 2 is 2.07 bits per heavy atom. The van der Waals surface area contributed by atoms with E-state index in [1.165, 1.54) is 4.90 Å². The maximum atomic E-state index is 13.2. The average Bonchev–Trinajstić information content (AvgIpc) is 3.20. The van der Waals surface area contributed by atoms with Crippen molar-refractivity contribution in [3.8, 4) is 0 Å². The number of amides is 2. The van der Waals surface area contributed by atoms with Crippen molar-refractivity contribution >= 4 is 77.1 Å². The van der Waals surface area contributed by atoms with Crippen LogP contribution in [0.2, 0.25) is 0 Å². The summed E-state index contributed by atoms with van der Waals surface area (Å²) >= 11 is 9.86. The van der Waals surface area contributed by atoms with Crippen molar-refractivity contribution < 1.29 is 18.0 Å². The smallest absolute Gasteiger partial charge is 0.267 e. The van der Waals surface area contributed by atoms with E-state index in [4.69, 9.17) is 12.2 Å². The minimum absolute atomic E-state index is 0.0441. The second-order valence-corrected chi connectivity index (χ2v) is 11.5. The van der Waals surface area contributed by atoms with Crippen LogP contribution in [-0.2, 0) is 19.4 Å². The Balaban J connectivity index is 1.80. The lowest BCUT2D eigenvalue weighted by molar-refractivity contribution is -0.123. The topological polar surface area (TPSA) is 74.8 Å². The molecule has 0 saturated carbocycles. The van der Waals surface area contributed by atoms with Gasteiger partial charge in [0, 0.05) is 16.6 Å². The number of hydrogen-bond acceptors (Lipinski definition) is 6. The van der Waals surface area contributed by atoms with Crippen LogP contribution in [-0.4, -0.2) is 53.5 Å². The quantitative estimate of drug-likeness (QED) is 0.362. The average molecular weight is 499 g/mol. The zero-order chi connectivity index (χ0) is 20.2. The Morgan fingerprint density at radius 1 is 1.32 bits per heavy atom. The zero-order valence-corrected chi connectivity index (χ0v) is 18.6. The monoisotopic (exact) mass is 498 g/mol. The summed E-state index contributed by atoms with van der Waals surface area (Å²) in [6.45, 7) is 4.02. The van der Waals surface area contributed by atoms with E-state index in [1.54, 1.807) is 17.0 Å². The molecular weight excluding hydrogens is 484 g/mol. The predicted molar refractivity (Wildman–Crippen MR) is 118 cm³/mol. The summed E-state index contributed by atoms with van der Waals surface area (Å²) in [5, 5.41) is 0. The van der Waals surface area contributed by atoms with Gasteiger partial charge in [-0.25, -0.2) is 8.42 Å². The van der Waals surface area contributed by atoms with Crippen molar-refractivity contribution in [2.24, 2.45) is 0 Å². The van der Waals surface area contributed by atoms with Crippen molar-refractivity contribution in [3.63, 3.8) is 0 Å². The van der Waals surface area contributed by atoms with Crippen LogP contribution in [0.1, 0.15) is 12.0 Å². The number of hydrogen-bond donors (Lipinski definition) is 0. The van der Waals surface area contributed by atoms with Gasteiger partial charge in [-0.05, 0) is 24.6 Å². The van der Waals surface area contributed by atoms with Gasteiger partial charge in [-0.15, -0.1) is 6.58 Å². The number of benzene rings is 1. The summed E-state index contributed by atoms with van der Waals surface area (Å²) in [5.41, 5.74) is 1.66. The highest BCUT2D eigenvalue weighted by Gasteiger charge is 2.46. The highest BCUT2D eigenvalue weighted by Crippen LogP contribution is 2.46. The van der Waals surface area contributed by atoms with Crippen molar-refractivity contribution in [1.29, 1.82) is 0 Å². The molecule has 6 nitrogen and oxygen atoms in total. The molecule has 0 aromatic heterocycles. The molecule has 0 spiro atoms. The Hall–Kier alpha value is -1.49. The van der Waals surface area contributed by atoms with E-state index in [1.807, 2.05) is 12.1 Å². The third-order valence-electron chi connectivity index (χ3n) is 4.89. The number of thioether (sulfide) groups is 1. The van der Waals surface area contributed by atoms with Crippen LogP contribution in [0.25, 0.3) is 5.57 Å². The molecule has 1 atom stereocenters. The van der Waals surface area contributed by atoms with Gasteiger partial charge in [0.2, 0.25) is 0 Å². The highest BCUT2D eigenvalue weighted by atomic mass is 79.9. The third-order valence-corrected chi connectivity index (χ3v) is 8.53. The lowest BCUT2D eigenvalue weighted by Crippen LogP contribution is -2.39. The maximum absolute atomic E-state index is 13.2. The summed E-state index contributed by atoms with van der Waals surface area (Å²) in [5.74, 6) is -0.734. The lowest BCUT2D eigenvalue weighted by Gasteiger charge is -2.21.